The lowest BCUT2D eigenvalue weighted by molar-refractivity contribution is -0.384. The number of anilines is 1. The lowest BCUT2D eigenvalue weighted by Crippen LogP contribution is -2.38. The molecule has 0 saturated carbocycles. The summed E-state index contributed by atoms with van der Waals surface area (Å²) in [6.45, 7) is 3.93. The maximum absolute atomic E-state index is 13.2. The largest absolute Gasteiger partial charge is 0.340 e. The summed E-state index contributed by atoms with van der Waals surface area (Å²) in [6, 6.07) is 20.8. The number of para-hydroxylation sites is 2. The van der Waals surface area contributed by atoms with Crippen LogP contribution in [-0.4, -0.2) is 38.8 Å². The zero-order chi connectivity index (χ0) is 28.4. The number of nitrogens with one attached hydrogen (secondary N) is 2. The average molecular weight is 538 g/mol. The number of aromatic nitrogens is 1. The first-order valence-corrected chi connectivity index (χ1v) is 12.8. The van der Waals surface area contributed by atoms with E-state index in [0.29, 0.717) is 12.2 Å². The number of benzene rings is 3. The summed E-state index contributed by atoms with van der Waals surface area (Å²) in [4.78, 5) is 50.1. The molecular formula is C30H27N5O5. The van der Waals surface area contributed by atoms with Gasteiger partial charge in [0.1, 0.15) is 12.2 Å². The van der Waals surface area contributed by atoms with E-state index in [2.05, 4.69) is 15.2 Å². The molecule has 0 bridgehead atoms. The smallest absolute Gasteiger partial charge is 0.329 e. The minimum absolute atomic E-state index is 0.0200. The second kappa shape index (κ2) is 10.9. The molecule has 1 fully saturated rings. The van der Waals surface area contributed by atoms with Gasteiger partial charge in [0.25, 0.3) is 11.6 Å². The van der Waals surface area contributed by atoms with Crippen molar-refractivity contribution in [2.24, 2.45) is 0 Å². The number of hydrogen-bond donors (Lipinski definition) is 2. The van der Waals surface area contributed by atoms with Gasteiger partial charge in [-0.05, 0) is 42.7 Å². The molecule has 10 heteroatoms. The number of urea groups is 1. The fourth-order valence-electron chi connectivity index (χ4n) is 4.89. The molecule has 40 heavy (non-hydrogen) atoms. The van der Waals surface area contributed by atoms with E-state index in [1.807, 2.05) is 56.3 Å². The van der Waals surface area contributed by atoms with Gasteiger partial charge in [0.05, 0.1) is 4.92 Å². The SMILES string of the molecule is CCc1ccccc1NC(=O)CN1C(=O)N/C(=C/c2c(C)n(Cc3ccc([N+](=O)[O-])cc3)c3ccccc23)C1=O. The number of hydrogen-bond acceptors (Lipinski definition) is 5. The summed E-state index contributed by atoms with van der Waals surface area (Å²) in [5.74, 6) is -1.06. The van der Waals surface area contributed by atoms with Crippen LogP contribution in [-0.2, 0) is 22.6 Å². The minimum Gasteiger partial charge on any atom is -0.340 e. The molecule has 1 aliphatic heterocycles. The second-order valence-corrected chi connectivity index (χ2v) is 9.46. The van der Waals surface area contributed by atoms with Gasteiger partial charge in [-0.25, -0.2) is 9.69 Å². The molecule has 0 aliphatic carbocycles. The Morgan fingerprint density at radius 1 is 1.02 bits per heavy atom. The number of imide groups is 1. The molecule has 10 nitrogen and oxygen atoms in total. The molecule has 4 amide bonds. The fourth-order valence-corrected chi connectivity index (χ4v) is 4.89. The molecule has 0 spiro atoms. The third kappa shape index (κ3) is 5.06. The van der Waals surface area contributed by atoms with E-state index in [9.17, 15) is 24.5 Å². The van der Waals surface area contributed by atoms with Crippen molar-refractivity contribution < 1.29 is 19.3 Å². The van der Waals surface area contributed by atoms with Crippen molar-refractivity contribution in [3.8, 4) is 0 Å². The predicted molar refractivity (Wildman–Crippen MR) is 152 cm³/mol. The molecule has 0 radical (unpaired) electrons. The molecule has 0 unspecified atom stereocenters. The van der Waals surface area contributed by atoms with Gasteiger partial charge in [-0.2, -0.15) is 0 Å². The Bertz CT molecular complexity index is 1690. The van der Waals surface area contributed by atoms with Gasteiger partial charge < -0.3 is 15.2 Å². The maximum atomic E-state index is 13.2. The Hall–Kier alpha value is -5.25. The van der Waals surface area contributed by atoms with Crippen molar-refractivity contribution in [1.82, 2.24) is 14.8 Å². The van der Waals surface area contributed by atoms with Crippen molar-refractivity contribution in [2.75, 3.05) is 11.9 Å². The Labute approximate surface area is 230 Å². The van der Waals surface area contributed by atoms with E-state index in [1.54, 1.807) is 24.3 Å². The van der Waals surface area contributed by atoms with E-state index in [4.69, 9.17) is 0 Å². The molecule has 2 N–H and O–H groups in total. The van der Waals surface area contributed by atoms with Crippen molar-refractivity contribution >= 4 is 46.2 Å². The predicted octanol–water partition coefficient (Wildman–Crippen LogP) is 5.00. The summed E-state index contributed by atoms with van der Waals surface area (Å²) in [5.41, 5.74) is 5.09. The summed E-state index contributed by atoms with van der Waals surface area (Å²) < 4.78 is 2.06. The normalized spacial score (nSPS) is 14.2. The van der Waals surface area contributed by atoms with E-state index in [0.717, 1.165) is 44.6 Å². The van der Waals surface area contributed by atoms with Crippen LogP contribution in [0.4, 0.5) is 16.2 Å². The molecule has 2 heterocycles. The number of rotatable bonds is 8. The lowest BCUT2D eigenvalue weighted by atomic mass is 10.1. The molecule has 0 atom stereocenters. The minimum atomic E-state index is -0.664. The zero-order valence-electron chi connectivity index (χ0n) is 22.0. The van der Waals surface area contributed by atoms with Gasteiger partial charge in [0.15, 0.2) is 0 Å². The highest BCUT2D eigenvalue weighted by Crippen LogP contribution is 2.30. The zero-order valence-corrected chi connectivity index (χ0v) is 22.0. The fraction of sp³-hybridized carbons (Fsp3) is 0.167. The maximum Gasteiger partial charge on any atom is 0.329 e. The highest BCUT2D eigenvalue weighted by molar-refractivity contribution is 6.16. The standard InChI is InChI=1S/C30H27N5O5/c1-3-21-8-4-6-10-25(21)31-28(36)18-34-29(37)26(32-30(34)38)16-24-19(2)33(27-11-7-5-9-23(24)27)17-20-12-14-22(15-13-20)35(39)40/h4-16H,3,17-18H2,1-2H3,(H,31,36)(H,32,38)/b26-16+. The third-order valence-corrected chi connectivity index (χ3v) is 6.99. The van der Waals surface area contributed by atoms with Crippen molar-refractivity contribution in [1.29, 1.82) is 0 Å². The summed E-state index contributed by atoms with van der Waals surface area (Å²) >= 11 is 0. The van der Waals surface area contributed by atoms with Crippen LogP contribution in [0, 0.1) is 17.0 Å². The average Bonchev–Trinajstić information content (AvgIpc) is 3.36. The topological polar surface area (TPSA) is 127 Å². The Balaban J connectivity index is 1.40. The number of nitrogens with zero attached hydrogens (tertiary/aromatic N) is 3. The second-order valence-electron chi connectivity index (χ2n) is 9.46. The van der Waals surface area contributed by atoms with Crippen LogP contribution in [0.2, 0.25) is 0 Å². The molecular weight excluding hydrogens is 510 g/mol. The number of amides is 4. The molecule has 1 aliphatic rings. The Morgan fingerprint density at radius 3 is 2.45 bits per heavy atom. The highest BCUT2D eigenvalue weighted by atomic mass is 16.6. The summed E-state index contributed by atoms with van der Waals surface area (Å²) in [5, 5.41) is 17.3. The summed E-state index contributed by atoms with van der Waals surface area (Å²) in [7, 11) is 0. The number of carbonyl (C=O) groups excluding carboxylic acids is 3. The number of carbonyl (C=O) groups is 3. The van der Waals surface area contributed by atoms with E-state index >= 15 is 0 Å². The quantitative estimate of drug-likeness (QED) is 0.142. The van der Waals surface area contributed by atoms with Crippen molar-refractivity contribution in [3.63, 3.8) is 0 Å². The van der Waals surface area contributed by atoms with Gasteiger partial charge in [-0.1, -0.05) is 55.5 Å². The Kier molecular flexibility index (Phi) is 7.15. The van der Waals surface area contributed by atoms with Crippen LogP contribution in [0.15, 0.2) is 78.5 Å². The molecule has 5 rings (SSSR count). The van der Waals surface area contributed by atoms with Gasteiger partial charge in [0, 0.05) is 46.5 Å². The van der Waals surface area contributed by atoms with Gasteiger partial charge >= 0.3 is 6.03 Å². The first-order chi connectivity index (χ1) is 19.3. The monoisotopic (exact) mass is 537 g/mol. The van der Waals surface area contributed by atoms with E-state index in [-0.39, 0.29) is 11.4 Å². The van der Waals surface area contributed by atoms with Crippen molar-refractivity contribution in [3.05, 3.63) is 111 Å². The van der Waals surface area contributed by atoms with Crippen LogP contribution in [0.1, 0.15) is 29.3 Å². The molecule has 1 aromatic heterocycles. The number of aryl methyl sites for hydroxylation is 1. The number of fused-ring (bicyclic) bond motifs is 1. The Morgan fingerprint density at radius 2 is 1.73 bits per heavy atom. The number of nitro groups is 1. The van der Waals surface area contributed by atoms with Gasteiger partial charge in [0.2, 0.25) is 5.91 Å². The third-order valence-electron chi connectivity index (χ3n) is 6.99. The molecule has 1 saturated heterocycles. The first kappa shape index (κ1) is 26.4. The molecule has 3 aromatic carbocycles. The van der Waals surface area contributed by atoms with Crippen LogP contribution < -0.4 is 10.6 Å². The van der Waals surface area contributed by atoms with Crippen LogP contribution in [0.5, 0.6) is 0 Å². The van der Waals surface area contributed by atoms with Gasteiger partial charge in [-0.15, -0.1) is 0 Å². The van der Waals surface area contributed by atoms with E-state index < -0.39 is 29.3 Å². The van der Waals surface area contributed by atoms with Gasteiger partial charge in [-0.3, -0.25) is 19.7 Å². The van der Waals surface area contributed by atoms with E-state index in [1.165, 1.54) is 12.1 Å². The molecule has 4 aromatic rings. The first-order valence-electron chi connectivity index (χ1n) is 12.8. The highest BCUT2D eigenvalue weighted by Gasteiger charge is 2.35. The van der Waals surface area contributed by atoms with Crippen LogP contribution in [0.3, 0.4) is 0 Å². The molecule has 202 valence electrons. The number of nitro benzene ring substituents is 1. The van der Waals surface area contributed by atoms with Crippen LogP contribution >= 0.6 is 0 Å². The summed E-state index contributed by atoms with van der Waals surface area (Å²) in [6.07, 6.45) is 2.36. The van der Waals surface area contributed by atoms with Crippen molar-refractivity contribution in [2.45, 2.75) is 26.8 Å². The van der Waals surface area contributed by atoms with Crippen LogP contribution in [0.25, 0.3) is 17.0 Å². The number of non-ortho nitro benzene ring substituents is 1. The lowest BCUT2D eigenvalue weighted by Gasteiger charge is -2.13.